The van der Waals surface area contributed by atoms with Crippen LogP contribution in [0.5, 0.6) is 0 Å². The van der Waals surface area contributed by atoms with E-state index in [0.29, 0.717) is 0 Å². The molecule has 0 N–H and O–H groups in total. The van der Waals surface area contributed by atoms with E-state index in [-0.39, 0.29) is 22.0 Å². The highest BCUT2D eigenvalue weighted by Crippen LogP contribution is 2.23. The van der Waals surface area contributed by atoms with Gasteiger partial charge < -0.3 is 0 Å². The lowest BCUT2D eigenvalue weighted by molar-refractivity contribution is -0.385. The van der Waals surface area contributed by atoms with E-state index in [1.165, 1.54) is 18.2 Å². The number of nitrogens with zero attached hydrogens (tertiary/aromatic N) is 3. The third-order valence-corrected chi connectivity index (χ3v) is 2.75. The molecule has 0 aliphatic carbocycles. The Balaban J connectivity index is 2.62. The molecule has 2 aromatic rings. The lowest BCUT2D eigenvalue weighted by Crippen LogP contribution is -2.09. The zero-order valence-corrected chi connectivity index (χ0v) is 10.7. The van der Waals surface area contributed by atoms with Crippen LogP contribution in [0.15, 0.2) is 36.4 Å². The average Bonchev–Trinajstić information content (AvgIpc) is 2.46. The molecule has 0 aliphatic rings. The molecule has 20 heavy (non-hydrogen) atoms. The summed E-state index contributed by atoms with van der Waals surface area (Å²) in [5.74, 6) is -0.712. The molecule has 0 amide bonds. The molecule has 1 aromatic carbocycles. The van der Waals surface area contributed by atoms with Crippen LogP contribution in [-0.2, 0) is 0 Å². The number of aromatic nitrogens is 1. The van der Waals surface area contributed by atoms with E-state index in [0.717, 1.165) is 6.07 Å². The molecule has 98 valence electrons. The van der Waals surface area contributed by atoms with Crippen molar-refractivity contribution in [2.45, 2.75) is 0 Å². The highest BCUT2D eigenvalue weighted by Gasteiger charge is 2.25. The summed E-state index contributed by atoms with van der Waals surface area (Å²) in [5, 5.41) is 19.9. The third-order valence-electron chi connectivity index (χ3n) is 2.54. The number of carbonyl (C=O) groups excluding carboxylic acids is 1. The van der Waals surface area contributed by atoms with Crippen LogP contribution in [0.2, 0.25) is 5.15 Å². The van der Waals surface area contributed by atoms with Crippen molar-refractivity contribution in [2.24, 2.45) is 0 Å². The standard InChI is InChI=1S/C13H6ClN3O3/c14-11-6-5-10(17(19)20)12(16-11)13(18)9-4-2-1-3-8(9)7-15/h1-6H. The first-order chi connectivity index (χ1) is 9.54. The summed E-state index contributed by atoms with van der Waals surface area (Å²) in [6.45, 7) is 0. The lowest BCUT2D eigenvalue weighted by Gasteiger charge is -2.03. The first kappa shape index (κ1) is 13.6. The van der Waals surface area contributed by atoms with E-state index in [4.69, 9.17) is 16.9 Å². The van der Waals surface area contributed by atoms with Crippen LogP contribution in [0.4, 0.5) is 5.69 Å². The quantitative estimate of drug-likeness (QED) is 0.374. The molecule has 0 spiro atoms. The van der Waals surface area contributed by atoms with Gasteiger partial charge in [0, 0.05) is 11.6 Å². The number of nitro groups is 1. The van der Waals surface area contributed by atoms with Crippen LogP contribution >= 0.6 is 11.6 Å². The number of nitriles is 1. The number of rotatable bonds is 3. The molecule has 1 aromatic heterocycles. The Morgan fingerprint density at radius 1 is 1.30 bits per heavy atom. The molecule has 2 rings (SSSR count). The Morgan fingerprint density at radius 3 is 2.65 bits per heavy atom. The topological polar surface area (TPSA) is 96.9 Å². The molecule has 0 saturated carbocycles. The Morgan fingerprint density at radius 2 is 2.00 bits per heavy atom. The summed E-state index contributed by atoms with van der Waals surface area (Å²) in [5.41, 5.74) is -0.668. The first-order valence-electron chi connectivity index (χ1n) is 5.39. The van der Waals surface area contributed by atoms with Gasteiger partial charge in [0.2, 0.25) is 5.78 Å². The molecular formula is C13H6ClN3O3. The van der Waals surface area contributed by atoms with Crippen LogP contribution in [0.1, 0.15) is 21.6 Å². The normalized spacial score (nSPS) is 9.80. The molecule has 7 heteroatoms. The van der Waals surface area contributed by atoms with Crippen molar-refractivity contribution in [2.75, 3.05) is 0 Å². The van der Waals surface area contributed by atoms with Crippen molar-refractivity contribution in [1.82, 2.24) is 4.98 Å². The summed E-state index contributed by atoms with van der Waals surface area (Å²) >= 11 is 5.68. The fourth-order valence-corrected chi connectivity index (χ4v) is 1.80. The van der Waals surface area contributed by atoms with Crippen LogP contribution in [-0.4, -0.2) is 15.7 Å². The van der Waals surface area contributed by atoms with Crippen molar-refractivity contribution in [3.05, 3.63) is 68.5 Å². The number of hydrogen-bond acceptors (Lipinski definition) is 5. The Bertz CT molecular complexity index is 753. The lowest BCUT2D eigenvalue weighted by atomic mass is 10.0. The van der Waals surface area contributed by atoms with Crippen molar-refractivity contribution in [3.8, 4) is 6.07 Å². The summed E-state index contributed by atoms with van der Waals surface area (Å²) in [4.78, 5) is 26.2. The smallest absolute Gasteiger partial charge is 0.287 e. The van der Waals surface area contributed by atoms with Gasteiger partial charge in [-0.3, -0.25) is 14.9 Å². The van der Waals surface area contributed by atoms with Crippen LogP contribution in [0, 0.1) is 21.4 Å². The second-order valence-corrected chi connectivity index (χ2v) is 4.13. The van der Waals surface area contributed by atoms with Gasteiger partial charge in [0.05, 0.1) is 16.6 Å². The fraction of sp³-hybridized carbons (Fsp3) is 0. The molecule has 0 atom stereocenters. The van der Waals surface area contributed by atoms with Gasteiger partial charge >= 0.3 is 0 Å². The monoisotopic (exact) mass is 287 g/mol. The minimum Gasteiger partial charge on any atom is -0.287 e. The van der Waals surface area contributed by atoms with Gasteiger partial charge in [-0.25, -0.2) is 4.98 Å². The first-order valence-corrected chi connectivity index (χ1v) is 5.77. The number of benzene rings is 1. The van der Waals surface area contributed by atoms with Gasteiger partial charge in [0.1, 0.15) is 5.15 Å². The van der Waals surface area contributed by atoms with Gasteiger partial charge in [0.15, 0.2) is 5.69 Å². The molecular weight excluding hydrogens is 282 g/mol. The molecule has 0 unspecified atom stereocenters. The van der Waals surface area contributed by atoms with Crippen LogP contribution in [0.25, 0.3) is 0 Å². The summed E-state index contributed by atoms with van der Waals surface area (Å²) in [6.07, 6.45) is 0. The molecule has 0 radical (unpaired) electrons. The van der Waals surface area contributed by atoms with Crippen molar-refractivity contribution in [3.63, 3.8) is 0 Å². The van der Waals surface area contributed by atoms with E-state index < -0.39 is 16.4 Å². The Kier molecular flexibility index (Phi) is 3.73. The highest BCUT2D eigenvalue weighted by atomic mass is 35.5. The molecule has 6 nitrogen and oxygen atoms in total. The minimum atomic E-state index is -0.717. The number of ketones is 1. The molecule has 0 fully saturated rings. The second-order valence-electron chi connectivity index (χ2n) is 3.75. The van der Waals surface area contributed by atoms with Crippen molar-refractivity contribution >= 4 is 23.1 Å². The van der Waals surface area contributed by atoms with Crippen molar-refractivity contribution < 1.29 is 9.72 Å². The molecule has 0 saturated heterocycles. The van der Waals surface area contributed by atoms with E-state index in [1.54, 1.807) is 12.1 Å². The van der Waals surface area contributed by atoms with Crippen LogP contribution < -0.4 is 0 Å². The fourth-order valence-electron chi connectivity index (χ4n) is 1.65. The molecule has 1 heterocycles. The van der Waals surface area contributed by atoms with Gasteiger partial charge in [-0.05, 0) is 18.2 Å². The Hall–Kier alpha value is -2.78. The zero-order valence-electron chi connectivity index (χ0n) is 9.91. The predicted octanol–water partition coefficient (Wildman–Crippen LogP) is 2.75. The number of pyridine rings is 1. The minimum absolute atomic E-state index is 0.0339. The van der Waals surface area contributed by atoms with Gasteiger partial charge in [-0.2, -0.15) is 5.26 Å². The number of halogens is 1. The van der Waals surface area contributed by atoms with E-state index in [9.17, 15) is 14.9 Å². The maximum Gasteiger partial charge on any atom is 0.299 e. The van der Waals surface area contributed by atoms with Crippen molar-refractivity contribution in [1.29, 1.82) is 5.26 Å². The maximum absolute atomic E-state index is 12.3. The van der Waals surface area contributed by atoms with Gasteiger partial charge in [0.25, 0.3) is 5.69 Å². The third kappa shape index (κ3) is 2.48. The maximum atomic E-state index is 12.3. The van der Waals surface area contributed by atoms with E-state index in [2.05, 4.69) is 4.98 Å². The average molecular weight is 288 g/mol. The SMILES string of the molecule is N#Cc1ccccc1C(=O)c1nc(Cl)ccc1[N+](=O)[O-]. The Labute approximate surface area is 118 Å². The van der Waals surface area contributed by atoms with E-state index in [1.807, 2.05) is 6.07 Å². The largest absolute Gasteiger partial charge is 0.299 e. The van der Waals surface area contributed by atoms with Gasteiger partial charge in [-0.1, -0.05) is 23.7 Å². The van der Waals surface area contributed by atoms with E-state index >= 15 is 0 Å². The molecule has 0 bridgehead atoms. The summed E-state index contributed by atoms with van der Waals surface area (Å²) < 4.78 is 0. The molecule has 0 aliphatic heterocycles. The number of carbonyl (C=O) groups is 1. The second kappa shape index (κ2) is 5.47. The predicted molar refractivity (Wildman–Crippen MR) is 70.5 cm³/mol. The highest BCUT2D eigenvalue weighted by molar-refractivity contribution is 6.29. The van der Waals surface area contributed by atoms with Gasteiger partial charge in [-0.15, -0.1) is 0 Å². The number of hydrogen-bond donors (Lipinski definition) is 0. The zero-order chi connectivity index (χ0) is 14.7. The summed E-state index contributed by atoms with van der Waals surface area (Å²) in [7, 11) is 0. The van der Waals surface area contributed by atoms with Crippen LogP contribution in [0.3, 0.4) is 0 Å². The summed E-state index contributed by atoms with van der Waals surface area (Å²) in [6, 6.07) is 10.2.